The van der Waals surface area contributed by atoms with E-state index in [0.29, 0.717) is 4.47 Å². The van der Waals surface area contributed by atoms with E-state index in [-0.39, 0.29) is 18.2 Å². The van der Waals surface area contributed by atoms with Gasteiger partial charge in [-0.25, -0.2) is 4.79 Å². The zero-order chi connectivity index (χ0) is 14.4. The lowest BCUT2D eigenvalue weighted by Crippen LogP contribution is -2.28. The molecule has 0 atom stereocenters. The van der Waals surface area contributed by atoms with Crippen molar-refractivity contribution in [2.24, 2.45) is 5.92 Å². The minimum absolute atomic E-state index is 0.0170. The third-order valence-corrected chi connectivity index (χ3v) is 2.68. The van der Waals surface area contributed by atoms with Crippen LogP contribution in [-0.2, 0) is 14.3 Å². The Balaban J connectivity index is 2.78. The molecule has 5 nitrogen and oxygen atoms in total. The van der Waals surface area contributed by atoms with Gasteiger partial charge in [0, 0.05) is 0 Å². The summed E-state index contributed by atoms with van der Waals surface area (Å²) in [6.07, 6.45) is 0. The monoisotopic (exact) mass is 327 g/mol. The highest BCUT2D eigenvalue weighted by Crippen LogP contribution is 2.06. The molecule has 0 aliphatic heterocycles. The number of carbonyl (C=O) groups excluding carboxylic acids is 2. The van der Waals surface area contributed by atoms with E-state index in [1.807, 2.05) is 13.8 Å². The first-order valence-electron chi connectivity index (χ1n) is 5.68. The van der Waals surface area contributed by atoms with Gasteiger partial charge in [0.25, 0.3) is 0 Å². The Bertz CT molecular complexity index is 542. The second-order valence-electron chi connectivity index (χ2n) is 4.26. The summed E-state index contributed by atoms with van der Waals surface area (Å²) < 4.78 is 5.06. The summed E-state index contributed by atoms with van der Waals surface area (Å²) in [6.45, 7) is 3.87. The minimum Gasteiger partial charge on any atom is -0.458 e. The lowest BCUT2D eigenvalue weighted by molar-refractivity contribution is -0.153. The average molecular weight is 328 g/mol. The van der Waals surface area contributed by atoms with Gasteiger partial charge in [-0.2, -0.15) is 0 Å². The molecule has 1 rings (SSSR count). The van der Waals surface area contributed by atoms with Gasteiger partial charge in [-0.15, -0.1) is 0 Å². The van der Waals surface area contributed by atoms with Crippen molar-refractivity contribution in [1.82, 2.24) is 0 Å². The van der Waals surface area contributed by atoms with E-state index in [2.05, 4.69) is 21.2 Å². The van der Waals surface area contributed by atoms with Gasteiger partial charge in [0.2, 0.25) is 5.43 Å². The van der Waals surface area contributed by atoms with Crippen LogP contribution in [0.15, 0.2) is 33.5 Å². The normalized spacial score (nSPS) is 10.1. The third kappa shape index (κ3) is 4.82. The molecule has 6 heteroatoms. The predicted octanol–water partition coefficient (Wildman–Crippen LogP) is 1.95. The Kier molecular flexibility index (Phi) is 5.69. The third-order valence-electron chi connectivity index (χ3n) is 2.06. The number of esters is 1. The molecule has 0 radical (unpaired) electrons. The van der Waals surface area contributed by atoms with Crippen molar-refractivity contribution in [2.75, 3.05) is 11.9 Å². The Labute approximate surface area is 119 Å². The number of hydrogen-bond donors (Lipinski definition) is 1. The molecule has 1 N–H and O–H groups in total. The highest BCUT2D eigenvalue weighted by Gasteiger charge is 2.17. The number of hydrogen-bond acceptors (Lipinski definition) is 4. The summed E-state index contributed by atoms with van der Waals surface area (Å²) in [5.74, 6) is -1.83. The fourth-order valence-corrected chi connectivity index (χ4v) is 1.52. The van der Waals surface area contributed by atoms with E-state index < -0.39 is 17.3 Å². The summed E-state index contributed by atoms with van der Waals surface area (Å²) in [6, 6.07) is 6.19. The Morgan fingerprint density at radius 3 is 2.58 bits per heavy atom. The van der Waals surface area contributed by atoms with Crippen LogP contribution in [0.4, 0.5) is 5.69 Å². The number of amides is 1. The molecule has 102 valence electrons. The summed E-state index contributed by atoms with van der Waals surface area (Å²) >= 11 is 3.07. The molecule has 0 aromatic heterocycles. The number of rotatable bonds is 3. The van der Waals surface area contributed by atoms with Gasteiger partial charge < -0.3 is 10.1 Å². The van der Waals surface area contributed by atoms with Gasteiger partial charge in [0.05, 0.1) is 16.8 Å². The Hall–Kier alpha value is -1.69. The van der Waals surface area contributed by atoms with Crippen LogP contribution in [0.5, 0.6) is 0 Å². The van der Waals surface area contributed by atoms with E-state index in [0.717, 1.165) is 0 Å². The summed E-state index contributed by atoms with van der Waals surface area (Å²) in [4.78, 5) is 34.7. The van der Waals surface area contributed by atoms with Crippen LogP contribution in [0.1, 0.15) is 13.8 Å². The quantitative estimate of drug-likeness (QED) is 0.680. The second kappa shape index (κ2) is 7.04. The van der Waals surface area contributed by atoms with Gasteiger partial charge in [-0.1, -0.05) is 26.0 Å². The number of halogens is 1. The summed E-state index contributed by atoms with van der Waals surface area (Å²) in [5.41, 5.74) is -0.390. The van der Waals surface area contributed by atoms with E-state index >= 15 is 0 Å². The van der Waals surface area contributed by atoms with E-state index in [4.69, 9.17) is 4.74 Å². The maximum Gasteiger partial charge on any atom is 0.397 e. The lowest BCUT2D eigenvalue weighted by atomic mass is 10.2. The zero-order valence-corrected chi connectivity index (χ0v) is 12.2. The molecule has 0 spiro atoms. The first-order valence-corrected chi connectivity index (χ1v) is 6.48. The van der Waals surface area contributed by atoms with Crippen molar-refractivity contribution in [2.45, 2.75) is 13.8 Å². The molecule has 1 amide bonds. The SMILES string of the molecule is CC(C)COC(=O)C(=O)Nc1ccccc(Br)c1=O. The molecule has 1 aromatic carbocycles. The fourth-order valence-electron chi connectivity index (χ4n) is 1.15. The largest absolute Gasteiger partial charge is 0.458 e. The molecule has 19 heavy (non-hydrogen) atoms. The van der Waals surface area contributed by atoms with Crippen molar-refractivity contribution in [1.29, 1.82) is 0 Å². The lowest BCUT2D eigenvalue weighted by Gasteiger charge is -2.06. The molecule has 1 aromatic rings. The topological polar surface area (TPSA) is 72.5 Å². The molecule has 0 unspecified atom stereocenters. The molecule has 0 saturated carbocycles. The van der Waals surface area contributed by atoms with Crippen LogP contribution in [0.25, 0.3) is 0 Å². The average Bonchev–Trinajstić information content (AvgIpc) is 2.51. The number of anilines is 1. The van der Waals surface area contributed by atoms with Gasteiger partial charge >= 0.3 is 11.9 Å². The maximum atomic E-state index is 11.8. The first kappa shape index (κ1) is 15.4. The molecular formula is C13H14BrNO4. The highest BCUT2D eigenvalue weighted by molar-refractivity contribution is 9.10. The van der Waals surface area contributed by atoms with Crippen LogP contribution in [0.3, 0.4) is 0 Å². The van der Waals surface area contributed by atoms with Crippen LogP contribution < -0.4 is 10.7 Å². The van der Waals surface area contributed by atoms with Gasteiger partial charge in [0.1, 0.15) is 0 Å². The standard InChI is InChI=1S/C13H14BrNO4/c1-8(2)7-19-13(18)12(17)15-10-6-4-3-5-9(14)11(10)16/h3-6,8H,7H2,1-2H3,(H,15,16,17). The molecule has 0 aliphatic carbocycles. The predicted molar refractivity (Wildman–Crippen MR) is 74.8 cm³/mol. The Morgan fingerprint density at radius 2 is 1.95 bits per heavy atom. The van der Waals surface area contributed by atoms with Gasteiger partial charge in [-0.05, 0) is 34.0 Å². The molecule has 0 aliphatic rings. The highest BCUT2D eigenvalue weighted by atomic mass is 79.9. The van der Waals surface area contributed by atoms with Gasteiger partial charge in [0.15, 0.2) is 0 Å². The molecule has 0 bridgehead atoms. The number of carbonyl (C=O) groups is 2. The van der Waals surface area contributed by atoms with E-state index in [1.165, 1.54) is 6.07 Å². The van der Waals surface area contributed by atoms with E-state index in [9.17, 15) is 14.4 Å². The second-order valence-corrected chi connectivity index (χ2v) is 5.11. The molecule has 0 saturated heterocycles. The van der Waals surface area contributed by atoms with Crippen molar-refractivity contribution < 1.29 is 14.3 Å². The molecular weight excluding hydrogens is 314 g/mol. The van der Waals surface area contributed by atoms with Crippen molar-refractivity contribution in [3.05, 3.63) is 39.0 Å². The van der Waals surface area contributed by atoms with Crippen LogP contribution in [-0.4, -0.2) is 18.5 Å². The molecule has 0 fully saturated rings. The van der Waals surface area contributed by atoms with Crippen LogP contribution in [0, 0.1) is 5.92 Å². The van der Waals surface area contributed by atoms with Crippen LogP contribution in [0.2, 0.25) is 0 Å². The first-order chi connectivity index (χ1) is 8.91. The molecule has 0 heterocycles. The number of nitrogens with one attached hydrogen (secondary N) is 1. The zero-order valence-electron chi connectivity index (χ0n) is 10.6. The van der Waals surface area contributed by atoms with Crippen LogP contribution >= 0.6 is 15.9 Å². The smallest absolute Gasteiger partial charge is 0.397 e. The Morgan fingerprint density at radius 1 is 1.32 bits per heavy atom. The van der Waals surface area contributed by atoms with E-state index in [1.54, 1.807) is 18.2 Å². The summed E-state index contributed by atoms with van der Waals surface area (Å²) in [5, 5.41) is 2.24. The summed E-state index contributed by atoms with van der Waals surface area (Å²) in [7, 11) is 0. The fraction of sp³-hybridized carbons (Fsp3) is 0.308. The van der Waals surface area contributed by atoms with Crippen molar-refractivity contribution in [3.8, 4) is 0 Å². The maximum absolute atomic E-state index is 11.8. The van der Waals surface area contributed by atoms with Gasteiger partial charge in [-0.3, -0.25) is 9.59 Å². The number of ether oxygens (including phenoxy) is 1. The van der Waals surface area contributed by atoms with Crippen molar-refractivity contribution in [3.63, 3.8) is 0 Å². The van der Waals surface area contributed by atoms with Crippen molar-refractivity contribution >= 4 is 33.5 Å². The minimum atomic E-state index is -1.00.